The van der Waals surface area contributed by atoms with E-state index in [0.29, 0.717) is 5.11 Å². The number of aromatic nitrogens is 2. The Morgan fingerprint density at radius 1 is 0.943 bits per heavy atom. The van der Waals surface area contributed by atoms with Crippen LogP contribution in [0.4, 0.5) is 15.8 Å². The number of halogens is 1. The molecular formula is C28H28FN5S. The van der Waals surface area contributed by atoms with Crippen molar-refractivity contribution in [1.82, 2.24) is 14.9 Å². The fourth-order valence-corrected chi connectivity index (χ4v) is 5.28. The molecule has 4 aromatic rings. The van der Waals surface area contributed by atoms with Gasteiger partial charge in [0.1, 0.15) is 5.82 Å². The van der Waals surface area contributed by atoms with E-state index in [1.54, 1.807) is 0 Å². The van der Waals surface area contributed by atoms with Gasteiger partial charge in [0, 0.05) is 48.7 Å². The SMILES string of the molecule is Cc1cc([C@@H]2[C@H](c3ccccn3)NC(=S)N2c2ccc(N(C)C)cc2)c(C)n1-c1ccc(F)cc1. The molecule has 2 aromatic carbocycles. The van der Waals surface area contributed by atoms with Gasteiger partial charge in [0.2, 0.25) is 0 Å². The first-order valence-corrected chi connectivity index (χ1v) is 12.0. The van der Waals surface area contributed by atoms with Crippen molar-refractivity contribution in [2.24, 2.45) is 0 Å². The van der Waals surface area contributed by atoms with Gasteiger partial charge in [-0.25, -0.2) is 4.39 Å². The molecule has 0 spiro atoms. The Balaban J connectivity index is 1.65. The first kappa shape index (κ1) is 23.1. The lowest BCUT2D eigenvalue weighted by Gasteiger charge is -2.28. The number of hydrogen-bond donors (Lipinski definition) is 1. The number of nitrogens with zero attached hydrogens (tertiary/aromatic N) is 4. The molecule has 1 fully saturated rings. The lowest BCUT2D eigenvalue weighted by Crippen LogP contribution is -2.29. The number of anilines is 2. The quantitative estimate of drug-likeness (QED) is 0.358. The largest absolute Gasteiger partial charge is 0.378 e. The van der Waals surface area contributed by atoms with Gasteiger partial charge in [-0.1, -0.05) is 6.07 Å². The van der Waals surface area contributed by atoms with Crippen molar-refractivity contribution in [2.75, 3.05) is 23.9 Å². The molecule has 2 atom stereocenters. The number of benzene rings is 2. The molecule has 0 bridgehead atoms. The third-order valence-corrected chi connectivity index (χ3v) is 6.93. The first-order valence-electron chi connectivity index (χ1n) is 11.6. The highest BCUT2D eigenvalue weighted by atomic mass is 32.1. The Bertz CT molecular complexity index is 1350. The summed E-state index contributed by atoms with van der Waals surface area (Å²) in [5, 5.41) is 4.20. The van der Waals surface area contributed by atoms with Gasteiger partial charge in [-0.2, -0.15) is 0 Å². The molecule has 3 heterocycles. The summed E-state index contributed by atoms with van der Waals surface area (Å²) in [6.07, 6.45) is 1.81. The zero-order chi connectivity index (χ0) is 24.7. The standard InChI is InChI=1S/C28H28FN5S/c1-18-17-24(19(2)33(18)22-10-8-20(29)9-11-22)27-26(25-7-5-6-16-30-25)31-28(35)34(27)23-14-12-21(13-15-23)32(3)4/h5-17,26-27H,1-4H3,(H,31,35)/t26-,27+/m0/s1. The molecule has 0 unspecified atom stereocenters. The zero-order valence-corrected chi connectivity index (χ0v) is 21.1. The summed E-state index contributed by atoms with van der Waals surface area (Å²) in [6, 6.07) is 23.0. The maximum Gasteiger partial charge on any atom is 0.174 e. The third-order valence-electron chi connectivity index (χ3n) is 6.62. The average Bonchev–Trinajstić information content (AvgIpc) is 3.35. The molecule has 1 aliphatic heterocycles. The highest BCUT2D eigenvalue weighted by Gasteiger charge is 2.42. The molecule has 1 aliphatic rings. The molecule has 5 rings (SSSR count). The fraction of sp³-hybridized carbons (Fsp3) is 0.214. The second kappa shape index (κ2) is 9.15. The van der Waals surface area contributed by atoms with Crippen LogP contribution in [0.1, 0.15) is 34.7 Å². The van der Waals surface area contributed by atoms with E-state index in [9.17, 15) is 4.39 Å². The Morgan fingerprint density at radius 2 is 1.63 bits per heavy atom. The van der Waals surface area contributed by atoms with Crippen LogP contribution in [0, 0.1) is 19.7 Å². The van der Waals surface area contributed by atoms with Crippen molar-refractivity contribution in [3.8, 4) is 5.69 Å². The number of pyridine rings is 1. The molecule has 0 radical (unpaired) electrons. The Hall–Kier alpha value is -3.71. The van der Waals surface area contributed by atoms with Gasteiger partial charge in [0.05, 0.1) is 17.8 Å². The highest BCUT2D eigenvalue weighted by Crippen LogP contribution is 2.44. The number of hydrogen-bond acceptors (Lipinski definition) is 3. The molecule has 0 aliphatic carbocycles. The molecule has 178 valence electrons. The van der Waals surface area contributed by atoms with Gasteiger partial charge < -0.3 is 19.7 Å². The van der Waals surface area contributed by atoms with Crippen molar-refractivity contribution < 1.29 is 4.39 Å². The van der Waals surface area contributed by atoms with Gasteiger partial charge >= 0.3 is 0 Å². The van der Waals surface area contributed by atoms with Gasteiger partial charge in [-0.3, -0.25) is 4.98 Å². The van der Waals surface area contributed by atoms with E-state index in [-0.39, 0.29) is 17.9 Å². The lowest BCUT2D eigenvalue weighted by atomic mass is 9.96. The molecule has 35 heavy (non-hydrogen) atoms. The summed E-state index contributed by atoms with van der Waals surface area (Å²) in [7, 11) is 4.06. The Kier molecular flexibility index (Phi) is 6.03. The average molecular weight is 486 g/mol. The van der Waals surface area contributed by atoms with Crippen molar-refractivity contribution >= 4 is 28.7 Å². The summed E-state index contributed by atoms with van der Waals surface area (Å²) >= 11 is 5.88. The van der Waals surface area contributed by atoms with Gasteiger partial charge in [0.25, 0.3) is 0 Å². The smallest absolute Gasteiger partial charge is 0.174 e. The summed E-state index contributed by atoms with van der Waals surface area (Å²) in [5.41, 5.74) is 7.30. The van der Waals surface area contributed by atoms with Crippen LogP contribution in [-0.2, 0) is 0 Å². The Morgan fingerprint density at radius 3 is 2.26 bits per heavy atom. The van der Waals surface area contributed by atoms with Gasteiger partial charge in [-0.15, -0.1) is 0 Å². The predicted molar refractivity (Wildman–Crippen MR) is 144 cm³/mol. The molecule has 1 saturated heterocycles. The molecule has 1 N–H and O–H groups in total. The van der Waals surface area contributed by atoms with Crippen LogP contribution < -0.4 is 15.1 Å². The van der Waals surface area contributed by atoms with E-state index in [1.165, 1.54) is 12.1 Å². The minimum absolute atomic E-state index is 0.108. The van der Waals surface area contributed by atoms with Crippen molar-refractivity contribution in [3.05, 3.63) is 107 Å². The molecule has 0 saturated carbocycles. The van der Waals surface area contributed by atoms with E-state index in [2.05, 4.69) is 68.8 Å². The number of aryl methyl sites for hydroxylation is 1. The minimum Gasteiger partial charge on any atom is -0.378 e. The molecule has 5 nitrogen and oxygen atoms in total. The van der Waals surface area contributed by atoms with E-state index in [1.807, 2.05) is 50.6 Å². The van der Waals surface area contributed by atoms with Crippen molar-refractivity contribution in [1.29, 1.82) is 0 Å². The van der Waals surface area contributed by atoms with E-state index in [4.69, 9.17) is 12.2 Å². The van der Waals surface area contributed by atoms with Crippen LogP contribution >= 0.6 is 12.2 Å². The lowest BCUT2D eigenvalue weighted by molar-refractivity contribution is 0.565. The predicted octanol–water partition coefficient (Wildman–Crippen LogP) is 5.87. The topological polar surface area (TPSA) is 36.3 Å². The maximum atomic E-state index is 13.6. The van der Waals surface area contributed by atoms with Crippen LogP contribution in [0.2, 0.25) is 0 Å². The molecule has 0 amide bonds. The first-order chi connectivity index (χ1) is 16.8. The van der Waals surface area contributed by atoms with Crippen molar-refractivity contribution in [2.45, 2.75) is 25.9 Å². The van der Waals surface area contributed by atoms with Gasteiger partial charge in [0.15, 0.2) is 5.11 Å². The van der Waals surface area contributed by atoms with Crippen molar-refractivity contribution in [3.63, 3.8) is 0 Å². The van der Waals surface area contributed by atoms with Crippen LogP contribution in [0.3, 0.4) is 0 Å². The van der Waals surface area contributed by atoms with E-state index >= 15 is 0 Å². The van der Waals surface area contributed by atoms with Crippen LogP contribution in [0.5, 0.6) is 0 Å². The normalized spacial score (nSPS) is 17.5. The van der Waals surface area contributed by atoms with Gasteiger partial charge in [-0.05, 0) is 98.4 Å². The monoisotopic (exact) mass is 485 g/mol. The molecular weight excluding hydrogens is 457 g/mol. The third kappa shape index (κ3) is 4.17. The van der Waals surface area contributed by atoms with Crippen LogP contribution in [-0.4, -0.2) is 28.8 Å². The second-order valence-corrected chi connectivity index (χ2v) is 9.43. The summed E-state index contributed by atoms with van der Waals surface area (Å²) < 4.78 is 15.8. The molecule has 7 heteroatoms. The van der Waals surface area contributed by atoms with Crippen LogP contribution in [0.15, 0.2) is 79.0 Å². The fourth-order valence-electron chi connectivity index (χ4n) is 4.93. The minimum atomic E-state index is -0.246. The van der Waals surface area contributed by atoms with Crippen LogP contribution in [0.25, 0.3) is 5.69 Å². The van der Waals surface area contributed by atoms with E-state index in [0.717, 1.165) is 39.7 Å². The molecule has 2 aromatic heterocycles. The zero-order valence-electron chi connectivity index (χ0n) is 20.2. The summed E-state index contributed by atoms with van der Waals surface area (Å²) in [4.78, 5) is 8.92. The number of thiocarbonyl (C=S) groups is 1. The summed E-state index contributed by atoms with van der Waals surface area (Å²) in [5.74, 6) is -0.246. The second-order valence-electron chi connectivity index (χ2n) is 9.05. The van der Waals surface area contributed by atoms with E-state index < -0.39 is 0 Å². The Labute approximate surface area is 210 Å². The maximum absolute atomic E-state index is 13.6. The number of nitrogens with one attached hydrogen (secondary N) is 1. The number of rotatable bonds is 5. The highest BCUT2D eigenvalue weighted by molar-refractivity contribution is 7.80. The summed E-state index contributed by atoms with van der Waals surface area (Å²) in [6.45, 7) is 4.18.